The molecule has 1 heterocycles. The number of hydrogen-bond acceptors (Lipinski definition) is 6. The van der Waals surface area contributed by atoms with Crippen LogP contribution in [0, 0.1) is 19.8 Å². The number of hydrogen-bond donors (Lipinski definition) is 3. The molecule has 9 nitrogen and oxygen atoms in total. The number of ether oxygens (including phenoxy) is 2. The van der Waals surface area contributed by atoms with Crippen molar-refractivity contribution in [3.8, 4) is 0 Å². The standard InChI is InChI=1S/C20H29N3O6/c1-5-28-18(25)16-12(3)17(21-13(16)4)19(26)29-10-15(24)23-20(27)22-14-9-7-6-8-11(14)2/h11,14,21H,5-10H2,1-4H3,(H2,22,23,24,27)/t11-,14-/m1/s1. The van der Waals surface area contributed by atoms with E-state index < -0.39 is 30.5 Å². The van der Waals surface area contributed by atoms with Crippen LogP contribution in [0.15, 0.2) is 0 Å². The maximum Gasteiger partial charge on any atom is 0.355 e. The minimum absolute atomic E-state index is 0.0324. The van der Waals surface area contributed by atoms with E-state index >= 15 is 0 Å². The van der Waals surface area contributed by atoms with Crippen molar-refractivity contribution < 1.29 is 28.7 Å². The third-order valence-electron chi connectivity index (χ3n) is 5.14. The first-order valence-corrected chi connectivity index (χ1v) is 9.88. The number of esters is 2. The first-order valence-electron chi connectivity index (χ1n) is 9.88. The van der Waals surface area contributed by atoms with Crippen molar-refractivity contribution in [2.45, 2.75) is 59.4 Å². The van der Waals surface area contributed by atoms with Gasteiger partial charge in [-0.2, -0.15) is 0 Å². The molecule has 0 unspecified atom stereocenters. The van der Waals surface area contributed by atoms with Crippen LogP contribution in [0.2, 0.25) is 0 Å². The number of carbonyl (C=O) groups excluding carboxylic acids is 4. The van der Waals surface area contributed by atoms with Crippen LogP contribution in [0.25, 0.3) is 0 Å². The fourth-order valence-corrected chi connectivity index (χ4v) is 3.56. The first-order chi connectivity index (χ1) is 13.7. The molecule has 160 valence electrons. The van der Waals surface area contributed by atoms with Crippen LogP contribution in [-0.2, 0) is 14.3 Å². The summed E-state index contributed by atoms with van der Waals surface area (Å²) in [6.45, 7) is 6.58. The van der Waals surface area contributed by atoms with Gasteiger partial charge in [0.25, 0.3) is 5.91 Å². The number of H-pyrrole nitrogens is 1. The summed E-state index contributed by atoms with van der Waals surface area (Å²) >= 11 is 0. The van der Waals surface area contributed by atoms with Gasteiger partial charge in [-0.3, -0.25) is 10.1 Å². The average Bonchev–Trinajstić information content (AvgIpc) is 2.96. The molecule has 0 bridgehead atoms. The summed E-state index contributed by atoms with van der Waals surface area (Å²) in [7, 11) is 0. The Hall–Kier alpha value is -2.84. The second-order valence-corrected chi connectivity index (χ2v) is 7.31. The number of carbonyl (C=O) groups is 4. The Morgan fingerprint density at radius 2 is 1.76 bits per heavy atom. The quantitative estimate of drug-likeness (QED) is 0.622. The number of amides is 3. The molecule has 2 rings (SSSR count). The van der Waals surface area contributed by atoms with Crippen LogP contribution >= 0.6 is 0 Å². The van der Waals surface area contributed by atoms with Gasteiger partial charge in [0.1, 0.15) is 5.69 Å². The molecule has 0 saturated heterocycles. The first kappa shape index (κ1) is 22.4. The van der Waals surface area contributed by atoms with Gasteiger partial charge in [0.05, 0.1) is 12.2 Å². The number of aromatic nitrogens is 1. The van der Waals surface area contributed by atoms with E-state index in [1.807, 2.05) is 0 Å². The number of urea groups is 1. The van der Waals surface area contributed by atoms with Crippen molar-refractivity contribution in [3.63, 3.8) is 0 Å². The van der Waals surface area contributed by atoms with Gasteiger partial charge in [0.15, 0.2) is 6.61 Å². The van der Waals surface area contributed by atoms with E-state index in [-0.39, 0.29) is 23.9 Å². The van der Waals surface area contributed by atoms with Crippen LogP contribution in [-0.4, -0.2) is 48.1 Å². The lowest BCUT2D eigenvalue weighted by Crippen LogP contribution is -2.48. The maximum atomic E-state index is 12.3. The third kappa shape index (κ3) is 5.82. The zero-order valence-electron chi connectivity index (χ0n) is 17.3. The Morgan fingerprint density at radius 1 is 1.07 bits per heavy atom. The number of aryl methyl sites for hydroxylation is 1. The van der Waals surface area contributed by atoms with E-state index in [0.29, 0.717) is 17.2 Å². The highest BCUT2D eigenvalue weighted by Gasteiger charge is 2.25. The Balaban J connectivity index is 1.87. The Kier molecular flexibility index (Phi) is 7.81. The van der Waals surface area contributed by atoms with E-state index in [9.17, 15) is 19.2 Å². The molecule has 0 spiro atoms. The van der Waals surface area contributed by atoms with E-state index in [1.54, 1.807) is 20.8 Å². The molecule has 1 aromatic rings. The van der Waals surface area contributed by atoms with Crippen LogP contribution < -0.4 is 10.6 Å². The van der Waals surface area contributed by atoms with Crippen molar-refractivity contribution >= 4 is 23.9 Å². The maximum absolute atomic E-state index is 12.3. The van der Waals surface area contributed by atoms with E-state index in [1.165, 1.54) is 0 Å². The van der Waals surface area contributed by atoms with Gasteiger partial charge >= 0.3 is 18.0 Å². The predicted molar refractivity (Wildman–Crippen MR) is 105 cm³/mol. The Bertz CT molecular complexity index is 785. The van der Waals surface area contributed by atoms with Gasteiger partial charge in [-0.1, -0.05) is 19.8 Å². The molecule has 1 aromatic heterocycles. The fraction of sp³-hybridized carbons (Fsp3) is 0.600. The fourth-order valence-electron chi connectivity index (χ4n) is 3.56. The van der Waals surface area contributed by atoms with Crippen molar-refractivity contribution in [2.75, 3.05) is 13.2 Å². The molecule has 3 amide bonds. The Labute approximate surface area is 169 Å². The predicted octanol–water partition coefficient (Wildman–Crippen LogP) is 2.37. The lowest BCUT2D eigenvalue weighted by Gasteiger charge is -2.29. The highest BCUT2D eigenvalue weighted by Crippen LogP contribution is 2.23. The molecule has 29 heavy (non-hydrogen) atoms. The van der Waals surface area contributed by atoms with Gasteiger partial charge < -0.3 is 19.8 Å². The molecule has 0 aromatic carbocycles. The zero-order valence-corrected chi connectivity index (χ0v) is 17.3. The molecule has 3 N–H and O–H groups in total. The number of rotatable bonds is 6. The highest BCUT2D eigenvalue weighted by atomic mass is 16.5. The molecule has 9 heteroatoms. The molecule has 1 fully saturated rings. The smallest absolute Gasteiger partial charge is 0.355 e. The van der Waals surface area contributed by atoms with Crippen molar-refractivity contribution in [3.05, 3.63) is 22.5 Å². The van der Waals surface area contributed by atoms with E-state index in [2.05, 4.69) is 22.5 Å². The summed E-state index contributed by atoms with van der Waals surface area (Å²) in [4.78, 5) is 51.0. The topological polar surface area (TPSA) is 127 Å². The molecular formula is C20H29N3O6. The van der Waals surface area contributed by atoms with Crippen LogP contribution in [0.1, 0.15) is 71.6 Å². The van der Waals surface area contributed by atoms with E-state index in [4.69, 9.17) is 9.47 Å². The zero-order chi connectivity index (χ0) is 21.6. The summed E-state index contributed by atoms with van der Waals surface area (Å²) < 4.78 is 9.95. The molecule has 0 aliphatic heterocycles. The molecule has 0 radical (unpaired) electrons. The minimum Gasteiger partial charge on any atom is -0.462 e. The van der Waals surface area contributed by atoms with E-state index in [0.717, 1.165) is 25.7 Å². The number of nitrogens with one attached hydrogen (secondary N) is 3. The minimum atomic E-state index is -0.794. The highest BCUT2D eigenvalue weighted by molar-refractivity contribution is 6.00. The van der Waals surface area contributed by atoms with Gasteiger partial charge in [-0.05, 0) is 45.1 Å². The molecule has 1 aliphatic rings. The lowest BCUT2D eigenvalue weighted by atomic mass is 9.86. The van der Waals surface area contributed by atoms with Gasteiger partial charge in [-0.15, -0.1) is 0 Å². The molecule has 2 atom stereocenters. The molecule has 1 aliphatic carbocycles. The summed E-state index contributed by atoms with van der Waals surface area (Å²) in [5, 5.41) is 4.96. The van der Waals surface area contributed by atoms with Gasteiger partial charge in [0, 0.05) is 11.7 Å². The third-order valence-corrected chi connectivity index (χ3v) is 5.14. The Morgan fingerprint density at radius 3 is 2.41 bits per heavy atom. The number of aromatic amines is 1. The second-order valence-electron chi connectivity index (χ2n) is 7.31. The second kappa shape index (κ2) is 10.1. The number of imide groups is 1. The summed E-state index contributed by atoms with van der Waals surface area (Å²) in [5.74, 6) is -1.71. The summed E-state index contributed by atoms with van der Waals surface area (Å²) in [5.41, 5.74) is 1.19. The molecule has 1 saturated carbocycles. The average molecular weight is 407 g/mol. The normalized spacial score (nSPS) is 18.6. The van der Waals surface area contributed by atoms with Crippen molar-refractivity contribution in [1.82, 2.24) is 15.6 Å². The monoisotopic (exact) mass is 407 g/mol. The summed E-state index contributed by atoms with van der Waals surface area (Å²) in [6, 6.07) is -0.564. The SMILES string of the molecule is CCOC(=O)c1c(C)[nH]c(C(=O)OCC(=O)NC(=O)N[C@@H]2CCCC[C@H]2C)c1C. The van der Waals surface area contributed by atoms with Crippen molar-refractivity contribution in [1.29, 1.82) is 0 Å². The van der Waals surface area contributed by atoms with Gasteiger partial charge in [0.2, 0.25) is 0 Å². The van der Waals surface area contributed by atoms with Crippen LogP contribution in [0.5, 0.6) is 0 Å². The van der Waals surface area contributed by atoms with Crippen LogP contribution in [0.3, 0.4) is 0 Å². The van der Waals surface area contributed by atoms with Crippen molar-refractivity contribution in [2.24, 2.45) is 5.92 Å². The van der Waals surface area contributed by atoms with Gasteiger partial charge in [-0.25, -0.2) is 14.4 Å². The summed E-state index contributed by atoms with van der Waals surface area (Å²) in [6.07, 6.45) is 4.11. The molecular weight excluding hydrogens is 378 g/mol. The largest absolute Gasteiger partial charge is 0.462 e. The lowest BCUT2D eigenvalue weighted by molar-refractivity contribution is -0.123. The van der Waals surface area contributed by atoms with Crippen LogP contribution in [0.4, 0.5) is 4.79 Å².